The second-order valence-electron chi connectivity index (χ2n) is 8.40. The summed E-state index contributed by atoms with van der Waals surface area (Å²) >= 11 is 0. The number of esters is 3. The SMILES string of the molecule is CCCCOC(=O)c1ccc(NC(=O)COC(=O)[C@H]2CC(=O)N(c3ccc(C(=O)OCC)cc3)C2)cc1. The molecule has 1 aliphatic rings. The average Bonchev–Trinajstić information content (AvgIpc) is 3.29. The minimum Gasteiger partial charge on any atom is -0.462 e. The zero-order valence-corrected chi connectivity index (χ0v) is 20.9. The molecular formula is C27H30N2O8. The fourth-order valence-corrected chi connectivity index (χ4v) is 3.64. The second-order valence-corrected chi connectivity index (χ2v) is 8.40. The van der Waals surface area contributed by atoms with Gasteiger partial charge in [0.25, 0.3) is 5.91 Å². The highest BCUT2D eigenvalue weighted by atomic mass is 16.5. The topological polar surface area (TPSA) is 128 Å². The molecule has 37 heavy (non-hydrogen) atoms. The number of hydrogen-bond donors (Lipinski definition) is 1. The third kappa shape index (κ3) is 7.63. The Bertz CT molecular complexity index is 1130. The second kappa shape index (κ2) is 13.2. The van der Waals surface area contributed by atoms with Gasteiger partial charge in [0.1, 0.15) is 0 Å². The smallest absolute Gasteiger partial charge is 0.338 e. The van der Waals surface area contributed by atoms with Gasteiger partial charge in [-0.05, 0) is 61.9 Å². The quantitative estimate of drug-likeness (QED) is 0.277. The predicted molar refractivity (Wildman–Crippen MR) is 134 cm³/mol. The van der Waals surface area contributed by atoms with Crippen molar-refractivity contribution in [2.24, 2.45) is 5.92 Å². The van der Waals surface area contributed by atoms with Gasteiger partial charge in [-0.1, -0.05) is 13.3 Å². The minimum atomic E-state index is -0.719. The molecule has 1 heterocycles. The number of rotatable bonds is 11. The Morgan fingerprint density at radius 1 is 0.892 bits per heavy atom. The third-order valence-electron chi connectivity index (χ3n) is 5.63. The van der Waals surface area contributed by atoms with Gasteiger partial charge in [0.15, 0.2) is 6.61 Å². The summed E-state index contributed by atoms with van der Waals surface area (Å²) < 4.78 is 15.2. The van der Waals surface area contributed by atoms with Gasteiger partial charge in [-0.15, -0.1) is 0 Å². The summed E-state index contributed by atoms with van der Waals surface area (Å²) in [6.07, 6.45) is 1.66. The van der Waals surface area contributed by atoms with Crippen LogP contribution in [-0.4, -0.2) is 56.1 Å². The largest absolute Gasteiger partial charge is 0.462 e. The molecule has 0 unspecified atom stereocenters. The lowest BCUT2D eigenvalue weighted by atomic mass is 10.1. The number of hydrogen-bond acceptors (Lipinski definition) is 8. The lowest BCUT2D eigenvalue weighted by Crippen LogP contribution is -2.28. The van der Waals surface area contributed by atoms with Crippen molar-refractivity contribution < 1.29 is 38.2 Å². The molecule has 0 aromatic heterocycles. The van der Waals surface area contributed by atoms with Crippen LogP contribution in [0.15, 0.2) is 48.5 Å². The highest BCUT2D eigenvalue weighted by Gasteiger charge is 2.36. The Morgan fingerprint density at radius 3 is 2.14 bits per heavy atom. The van der Waals surface area contributed by atoms with Crippen molar-refractivity contribution in [2.45, 2.75) is 33.1 Å². The summed E-state index contributed by atoms with van der Waals surface area (Å²) in [6.45, 7) is 3.91. The van der Waals surface area contributed by atoms with E-state index in [1.165, 1.54) is 17.0 Å². The van der Waals surface area contributed by atoms with Crippen molar-refractivity contribution in [1.82, 2.24) is 0 Å². The van der Waals surface area contributed by atoms with Gasteiger partial charge < -0.3 is 24.4 Å². The van der Waals surface area contributed by atoms with Crippen LogP contribution in [0.3, 0.4) is 0 Å². The van der Waals surface area contributed by atoms with Crippen LogP contribution >= 0.6 is 0 Å². The molecule has 10 nitrogen and oxygen atoms in total. The molecule has 1 saturated heterocycles. The van der Waals surface area contributed by atoms with Gasteiger partial charge >= 0.3 is 17.9 Å². The van der Waals surface area contributed by atoms with E-state index in [-0.39, 0.29) is 25.5 Å². The van der Waals surface area contributed by atoms with E-state index in [9.17, 15) is 24.0 Å². The molecule has 1 atom stereocenters. The van der Waals surface area contributed by atoms with Gasteiger partial charge in [0.2, 0.25) is 5.91 Å². The Morgan fingerprint density at radius 2 is 1.51 bits per heavy atom. The molecule has 2 aromatic rings. The van der Waals surface area contributed by atoms with E-state index in [1.54, 1.807) is 43.3 Å². The summed E-state index contributed by atoms with van der Waals surface area (Å²) in [4.78, 5) is 62.3. The molecule has 1 N–H and O–H groups in total. The van der Waals surface area contributed by atoms with Crippen LogP contribution < -0.4 is 10.2 Å². The van der Waals surface area contributed by atoms with E-state index >= 15 is 0 Å². The van der Waals surface area contributed by atoms with Gasteiger partial charge in [-0.2, -0.15) is 0 Å². The van der Waals surface area contributed by atoms with Gasteiger partial charge in [-0.3, -0.25) is 14.4 Å². The molecule has 2 amide bonds. The first kappa shape index (κ1) is 27.4. The summed E-state index contributed by atoms with van der Waals surface area (Å²) in [6, 6.07) is 12.5. The van der Waals surface area contributed by atoms with Crippen LogP contribution in [0.5, 0.6) is 0 Å². The normalized spacial score (nSPS) is 14.7. The van der Waals surface area contributed by atoms with E-state index in [1.807, 2.05) is 6.92 Å². The maximum absolute atomic E-state index is 12.5. The molecule has 0 aliphatic carbocycles. The van der Waals surface area contributed by atoms with Crippen molar-refractivity contribution in [3.05, 3.63) is 59.7 Å². The fraction of sp³-hybridized carbons (Fsp3) is 0.370. The maximum atomic E-state index is 12.5. The minimum absolute atomic E-state index is 0.0457. The standard InChI is InChI=1S/C27H30N2O8/c1-3-5-14-36-26(33)18-6-10-21(11-7-18)28-23(30)17-37-27(34)20-15-24(31)29(16-20)22-12-8-19(9-13-22)25(32)35-4-2/h6-13,20H,3-5,14-17H2,1-2H3,(H,28,30)/t20-/m0/s1. The highest BCUT2D eigenvalue weighted by molar-refractivity contribution is 6.00. The lowest BCUT2D eigenvalue weighted by molar-refractivity contribution is -0.151. The van der Waals surface area contributed by atoms with Gasteiger partial charge in [0.05, 0.1) is 30.3 Å². The van der Waals surface area contributed by atoms with Crippen LogP contribution in [0.4, 0.5) is 11.4 Å². The number of carbonyl (C=O) groups is 5. The van der Waals surface area contributed by atoms with Crippen molar-refractivity contribution >= 4 is 41.1 Å². The van der Waals surface area contributed by atoms with Crippen LogP contribution in [0.25, 0.3) is 0 Å². The molecular weight excluding hydrogens is 480 g/mol. The number of nitrogens with one attached hydrogen (secondary N) is 1. The van der Waals surface area contributed by atoms with E-state index in [0.717, 1.165) is 12.8 Å². The monoisotopic (exact) mass is 510 g/mol. The van der Waals surface area contributed by atoms with E-state index in [2.05, 4.69) is 5.32 Å². The van der Waals surface area contributed by atoms with E-state index in [0.29, 0.717) is 29.1 Å². The van der Waals surface area contributed by atoms with Crippen LogP contribution in [-0.2, 0) is 28.6 Å². The molecule has 0 bridgehead atoms. The van der Waals surface area contributed by atoms with Crippen LogP contribution in [0.2, 0.25) is 0 Å². The zero-order valence-electron chi connectivity index (χ0n) is 20.9. The molecule has 196 valence electrons. The van der Waals surface area contributed by atoms with E-state index in [4.69, 9.17) is 14.2 Å². The molecule has 2 aromatic carbocycles. The average molecular weight is 511 g/mol. The Hall–Kier alpha value is -4.21. The molecule has 0 radical (unpaired) electrons. The Balaban J connectivity index is 1.46. The molecule has 0 saturated carbocycles. The number of benzene rings is 2. The van der Waals surface area contributed by atoms with Gasteiger partial charge in [-0.25, -0.2) is 9.59 Å². The Kier molecular flexibility index (Phi) is 9.76. The number of ether oxygens (including phenoxy) is 3. The van der Waals surface area contributed by atoms with Crippen molar-refractivity contribution in [2.75, 3.05) is 36.6 Å². The number of unbranched alkanes of at least 4 members (excludes halogenated alkanes) is 1. The summed E-state index contributed by atoms with van der Waals surface area (Å²) in [5, 5.41) is 2.59. The number of amides is 2. The summed E-state index contributed by atoms with van der Waals surface area (Å²) in [7, 11) is 0. The predicted octanol–water partition coefficient (Wildman–Crippen LogP) is 3.36. The summed E-state index contributed by atoms with van der Waals surface area (Å²) in [5.41, 5.74) is 1.70. The maximum Gasteiger partial charge on any atom is 0.338 e. The number of nitrogens with zero attached hydrogens (tertiary/aromatic N) is 1. The lowest BCUT2D eigenvalue weighted by Gasteiger charge is -2.17. The van der Waals surface area contributed by atoms with Crippen molar-refractivity contribution in [3.8, 4) is 0 Å². The number of anilines is 2. The fourth-order valence-electron chi connectivity index (χ4n) is 3.64. The molecule has 1 fully saturated rings. The first-order valence-corrected chi connectivity index (χ1v) is 12.1. The van der Waals surface area contributed by atoms with Gasteiger partial charge in [0, 0.05) is 24.3 Å². The first-order chi connectivity index (χ1) is 17.8. The van der Waals surface area contributed by atoms with Crippen molar-refractivity contribution in [3.63, 3.8) is 0 Å². The Labute approximate surface area is 214 Å². The van der Waals surface area contributed by atoms with Crippen molar-refractivity contribution in [1.29, 1.82) is 0 Å². The third-order valence-corrected chi connectivity index (χ3v) is 5.63. The molecule has 10 heteroatoms. The number of carbonyl (C=O) groups excluding carboxylic acids is 5. The molecule has 0 spiro atoms. The molecule has 1 aliphatic heterocycles. The molecule has 3 rings (SSSR count). The highest BCUT2D eigenvalue weighted by Crippen LogP contribution is 2.26. The summed E-state index contributed by atoms with van der Waals surface area (Å²) in [5.74, 6) is -3.08. The first-order valence-electron chi connectivity index (χ1n) is 12.1. The van der Waals surface area contributed by atoms with E-state index < -0.39 is 36.3 Å². The van der Waals surface area contributed by atoms with Crippen LogP contribution in [0, 0.1) is 5.92 Å². The zero-order chi connectivity index (χ0) is 26.8. The van der Waals surface area contributed by atoms with Crippen LogP contribution in [0.1, 0.15) is 53.8 Å².